The van der Waals surface area contributed by atoms with Crippen molar-refractivity contribution in [3.05, 3.63) is 84.3 Å². The molecule has 6 heteroatoms. The lowest BCUT2D eigenvalue weighted by molar-refractivity contribution is 0.0940. The largest absolute Gasteiger partial charge is 0.350 e. The maximum atomic E-state index is 12.6. The molecule has 2 aromatic heterocycles. The van der Waals surface area contributed by atoms with Crippen molar-refractivity contribution in [1.82, 2.24) is 20.1 Å². The molecular weight excluding hydrogens is 392 g/mol. The summed E-state index contributed by atoms with van der Waals surface area (Å²) in [5, 5.41) is 8.49. The van der Waals surface area contributed by atoms with Crippen molar-refractivity contribution in [2.24, 2.45) is 0 Å². The highest BCUT2D eigenvalue weighted by molar-refractivity contribution is 7.99. The third kappa shape index (κ3) is 4.60. The molecule has 0 bridgehead atoms. The van der Waals surface area contributed by atoms with Gasteiger partial charge >= 0.3 is 0 Å². The first-order valence-electron chi connectivity index (χ1n) is 9.74. The lowest BCUT2D eigenvalue weighted by Crippen LogP contribution is -2.30. The van der Waals surface area contributed by atoms with E-state index in [4.69, 9.17) is 0 Å². The summed E-state index contributed by atoms with van der Waals surface area (Å²) < 4.78 is 1.84. The molecule has 1 N–H and O–H groups in total. The number of fused-ring (bicyclic) bond motifs is 1. The van der Waals surface area contributed by atoms with Gasteiger partial charge in [-0.15, -0.1) is 0 Å². The highest BCUT2D eigenvalue weighted by Crippen LogP contribution is 2.32. The Morgan fingerprint density at radius 1 is 1.10 bits per heavy atom. The molecule has 0 aliphatic heterocycles. The Morgan fingerprint density at radius 3 is 2.73 bits per heavy atom. The van der Waals surface area contributed by atoms with Crippen molar-refractivity contribution >= 4 is 40.8 Å². The number of hydrogen-bond donors (Lipinski definition) is 1. The van der Waals surface area contributed by atoms with Crippen LogP contribution < -0.4 is 5.32 Å². The van der Waals surface area contributed by atoms with Gasteiger partial charge in [-0.25, -0.2) is 4.68 Å². The van der Waals surface area contributed by atoms with Crippen LogP contribution in [0.3, 0.4) is 0 Å². The van der Waals surface area contributed by atoms with Gasteiger partial charge < -0.3 is 5.32 Å². The summed E-state index contributed by atoms with van der Waals surface area (Å²) >= 11 is 1.57. The number of aromatic nitrogens is 3. The van der Waals surface area contributed by atoms with E-state index >= 15 is 0 Å². The Labute approximate surface area is 179 Å². The Morgan fingerprint density at radius 2 is 1.93 bits per heavy atom. The van der Waals surface area contributed by atoms with Crippen molar-refractivity contribution in [1.29, 1.82) is 0 Å². The molecular formula is C24H22N4OS. The van der Waals surface area contributed by atoms with E-state index in [0.29, 0.717) is 5.56 Å². The van der Waals surface area contributed by atoms with Crippen molar-refractivity contribution < 1.29 is 4.79 Å². The van der Waals surface area contributed by atoms with Crippen LogP contribution in [0.4, 0.5) is 0 Å². The second kappa shape index (κ2) is 8.97. The standard InChI is InChI=1S/C24H22N4OS/c1-17(2)27-24(29)21-8-3-4-9-23(21)30-20-11-10-18-16-26-28(22(18)15-20)14-12-19-7-5-6-13-25-19/h3-17H,1-2H3,(H,27,29). The molecule has 2 heterocycles. The molecule has 0 radical (unpaired) electrons. The van der Waals surface area contributed by atoms with Crippen molar-refractivity contribution in [3.63, 3.8) is 0 Å². The van der Waals surface area contributed by atoms with Crippen LogP contribution in [0.25, 0.3) is 23.2 Å². The SMILES string of the molecule is CC(C)NC(=O)c1ccccc1Sc1ccc2cnn(C=Cc3ccccn3)c2c1. The van der Waals surface area contributed by atoms with Crippen LogP contribution in [0.1, 0.15) is 29.9 Å². The molecule has 30 heavy (non-hydrogen) atoms. The lowest BCUT2D eigenvalue weighted by atomic mass is 10.2. The van der Waals surface area contributed by atoms with Crippen molar-refractivity contribution in [2.45, 2.75) is 29.7 Å². The number of pyridine rings is 1. The average molecular weight is 415 g/mol. The predicted molar refractivity (Wildman–Crippen MR) is 122 cm³/mol. The molecule has 4 rings (SSSR count). The van der Waals surface area contributed by atoms with Gasteiger partial charge in [0.1, 0.15) is 0 Å². The minimum atomic E-state index is -0.0579. The minimum absolute atomic E-state index is 0.0579. The molecule has 0 atom stereocenters. The van der Waals surface area contributed by atoms with E-state index in [-0.39, 0.29) is 11.9 Å². The first kappa shape index (κ1) is 19.9. The van der Waals surface area contributed by atoms with E-state index in [1.165, 1.54) is 0 Å². The predicted octanol–water partition coefficient (Wildman–Crippen LogP) is 5.35. The summed E-state index contributed by atoms with van der Waals surface area (Å²) in [6.45, 7) is 3.92. The zero-order chi connectivity index (χ0) is 20.9. The molecule has 0 fully saturated rings. The van der Waals surface area contributed by atoms with Gasteiger partial charge in [0.05, 0.1) is 23.0 Å². The number of hydrogen-bond acceptors (Lipinski definition) is 4. The third-order valence-electron chi connectivity index (χ3n) is 4.42. The highest BCUT2D eigenvalue weighted by Gasteiger charge is 2.13. The van der Waals surface area contributed by atoms with E-state index in [2.05, 4.69) is 27.5 Å². The summed E-state index contributed by atoms with van der Waals surface area (Å²) in [7, 11) is 0. The molecule has 2 aromatic carbocycles. The van der Waals surface area contributed by atoms with E-state index < -0.39 is 0 Å². The smallest absolute Gasteiger partial charge is 0.252 e. The molecule has 0 aliphatic rings. The van der Waals surface area contributed by atoms with Crippen LogP contribution in [0.15, 0.2) is 82.8 Å². The number of carbonyl (C=O) groups excluding carboxylic acids is 1. The summed E-state index contributed by atoms with van der Waals surface area (Å²) in [5.41, 5.74) is 2.55. The maximum absolute atomic E-state index is 12.6. The van der Waals surface area contributed by atoms with Crippen molar-refractivity contribution in [3.8, 4) is 0 Å². The van der Waals surface area contributed by atoms with E-state index in [0.717, 1.165) is 26.4 Å². The monoisotopic (exact) mass is 414 g/mol. The number of rotatable bonds is 6. The number of benzene rings is 2. The van der Waals surface area contributed by atoms with Gasteiger partial charge in [0, 0.05) is 33.6 Å². The van der Waals surface area contributed by atoms with Crippen LogP contribution in [0, 0.1) is 0 Å². The summed E-state index contributed by atoms with van der Waals surface area (Å²) in [5.74, 6) is -0.0579. The van der Waals surface area contributed by atoms with Crippen LogP contribution in [0.5, 0.6) is 0 Å². The Balaban J connectivity index is 1.62. The fourth-order valence-corrected chi connectivity index (χ4v) is 4.01. The maximum Gasteiger partial charge on any atom is 0.252 e. The van der Waals surface area contributed by atoms with Gasteiger partial charge in [-0.2, -0.15) is 5.10 Å². The molecule has 5 nitrogen and oxygen atoms in total. The fourth-order valence-electron chi connectivity index (χ4n) is 3.03. The second-order valence-electron chi connectivity index (χ2n) is 7.11. The Bertz CT molecular complexity index is 1200. The zero-order valence-corrected chi connectivity index (χ0v) is 17.6. The highest BCUT2D eigenvalue weighted by atomic mass is 32.2. The quantitative estimate of drug-likeness (QED) is 0.462. The van der Waals surface area contributed by atoms with Crippen LogP contribution >= 0.6 is 11.8 Å². The van der Waals surface area contributed by atoms with Gasteiger partial charge in [0.15, 0.2) is 0 Å². The lowest BCUT2D eigenvalue weighted by Gasteiger charge is -2.12. The normalized spacial score (nSPS) is 11.4. The first-order chi connectivity index (χ1) is 14.6. The Hall–Kier alpha value is -3.38. The third-order valence-corrected chi connectivity index (χ3v) is 5.49. The van der Waals surface area contributed by atoms with E-state index in [9.17, 15) is 4.79 Å². The minimum Gasteiger partial charge on any atom is -0.350 e. The van der Waals surface area contributed by atoms with Gasteiger partial charge in [0.25, 0.3) is 5.91 Å². The zero-order valence-electron chi connectivity index (χ0n) is 16.8. The molecule has 0 spiro atoms. The first-order valence-corrected chi connectivity index (χ1v) is 10.6. The van der Waals surface area contributed by atoms with Gasteiger partial charge in [0.2, 0.25) is 0 Å². The molecule has 150 valence electrons. The molecule has 0 unspecified atom stereocenters. The Kier molecular flexibility index (Phi) is 5.95. The van der Waals surface area contributed by atoms with E-state index in [1.54, 1.807) is 18.0 Å². The topological polar surface area (TPSA) is 59.8 Å². The fraction of sp³-hybridized carbons (Fsp3) is 0.125. The van der Waals surface area contributed by atoms with Crippen molar-refractivity contribution in [2.75, 3.05) is 0 Å². The second-order valence-corrected chi connectivity index (χ2v) is 8.22. The number of carbonyl (C=O) groups is 1. The molecule has 1 amide bonds. The average Bonchev–Trinajstić information content (AvgIpc) is 3.15. The van der Waals surface area contributed by atoms with Crippen LogP contribution in [-0.2, 0) is 0 Å². The van der Waals surface area contributed by atoms with Gasteiger partial charge in [-0.1, -0.05) is 36.0 Å². The molecule has 0 aliphatic carbocycles. The van der Waals surface area contributed by atoms with Crippen LogP contribution in [-0.4, -0.2) is 26.7 Å². The number of nitrogens with one attached hydrogen (secondary N) is 1. The summed E-state index contributed by atoms with van der Waals surface area (Å²) in [6, 6.07) is 19.7. The molecule has 0 saturated carbocycles. The van der Waals surface area contributed by atoms with E-state index in [1.807, 2.05) is 85.5 Å². The molecule has 4 aromatic rings. The van der Waals surface area contributed by atoms with Crippen LogP contribution in [0.2, 0.25) is 0 Å². The number of nitrogens with zero attached hydrogens (tertiary/aromatic N) is 3. The molecule has 0 saturated heterocycles. The van der Waals surface area contributed by atoms with Gasteiger partial charge in [-0.3, -0.25) is 9.78 Å². The summed E-state index contributed by atoms with van der Waals surface area (Å²) in [6.07, 6.45) is 7.44. The number of amides is 1. The summed E-state index contributed by atoms with van der Waals surface area (Å²) in [4.78, 5) is 18.8. The van der Waals surface area contributed by atoms with Gasteiger partial charge in [-0.05, 0) is 56.3 Å².